The van der Waals surface area contributed by atoms with E-state index in [1.54, 1.807) is 6.07 Å². The largest absolute Gasteiger partial charge is 0.496 e. The molecule has 0 spiro atoms. The van der Waals surface area contributed by atoms with E-state index in [1.807, 2.05) is 30.3 Å². The first-order chi connectivity index (χ1) is 12.6. The Morgan fingerprint density at radius 1 is 1.08 bits per heavy atom. The molecular formula is C20H15FO5. The van der Waals surface area contributed by atoms with E-state index in [0.717, 1.165) is 11.6 Å². The van der Waals surface area contributed by atoms with E-state index in [0.29, 0.717) is 5.56 Å². The topological polar surface area (TPSA) is 65.7 Å². The van der Waals surface area contributed by atoms with E-state index in [-0.39, 0.29) is 17.1 Å². The minimum atomic E-state index is -0.780. The molecule has 0 fully saturated rings. The van der Waals surface area contributed by atoms with E-state index >= 15 is 0 Å². The van der Waals surface area contributed by atoms with Gasteiger partial charge in [0.2, 0.25) is 11.5 Å². The Bertz CT molecular complexity index is 930. The summed E-state index contributed by atoms with van der Waals surface area (Å²) in [5, 5.41) is 0. The van der Waals surface area contributed by atoms with Crippen LogP contribution in [0.5, 0.6) is 5.75 Å². The molecule has 0 bridgehead atoms. The fourth-order valence-electron chi connectivity index (χ4n) is 2.48. The van der Waals surface area contributed by atoms with Crippen molar-refractivity contribution >= 4 is 11.8 Å². The minimum absolute atomic E-state index is 0.00280. The number of rotatable bonds is 6. The SMILES string of the molecule is COc1ccc(F)cc1C(=O)COC(=O)c1occc1-c1ccccc1. The first-order valence-electron chi connectivity index (χ1n) is 7.77. The van der Waals surface area contributed by atoms with Crippen LogP contribution in [-0.2, 0) is 4.74 Å². The lowest BCUT2D eigenvalue weighted by atomic mass is 10.1. The molecule has 3 rings (SSSR count). The van der Waals surface area contributed by atoms with Crippen LogP contribution in [0.3, 0.4) is 0 Å². The molecule has 0 radical (unpaired) electrons. The highest BCUT2D eigenvalue weighted by Gasteiger charge is 2.21. The number of carbonyl (C=O) groups excluding carboxylic acids is 2. The van der Waals surface area contributed by atoms with Gasteiger partial charge in [-0.25, -0.2) is 9.18 Å². The van der Waals surface area contributed by atoms with Gasteiger partial charge in [0.1, 0.15) is 11.6 Å². The van der Waals surface area contributed by atoms with Crippen molar-refractivity contribution in [2.75, 3.05) is 13.7 Å². The molecule has 0 saturated heterocycles. The monoisotopic (exact) mass is 354 g/mol. The molecule has 0 saturated carbocycles. The van der Waals surface area contributed by atoms with Gasteiger partial charge in [-0.2, -0.15) is 0 Å². The normalized spacial score (nSPS) is 10.4. The van der Waals surface area contributed by atoms with Crippen LogP contribution in [0.15, 0.2) is 65.3 Å². The lowest BCUT2D eigenvalue weighted by Crippen LogP contribution is -2.15. The number of hydrogen-bond donors (Lipinski definition) is 0. The van der Waals surface area contributed by atoms with E-state index in [1.165, 1.54) is 25.5 Å². The smallest absolute Gasteiger partial charge is 0.375 e. The summed E-state index contributed by atoms with van der Waals surface area (Å²) in [6, 6.07) is 14.4. The van der Waals surface area contributed by atoms with Gasteiger partial charge in [0, 0.05) is 5.56 Å². The zero-order valence-electron chi connectivity index (χ0n) is 13.9. The van der Waals surface area contributed by atoms with Gasteiger partial charge in [0.25, 0.3) is 0 Å². The fraction of sp³-hybridized carbons (Fsp3) is 0.100. The highest BCUT2D eigenvalue weighted by Crippen LogP contribution is 2.25. The summed E-state index contributed by atoms with van der Waals surface area (Å²) in [4.78, 5) is 24.5. The molecule has 0 N–H and O–H groups in total. The molecule has 6 heteroatoms. The Morgan fingerprint density at radius 2 is 1.85 bits per heavy atom. The van der Waals surface area contributed by atoms with Crippen LogP contribution in [0.1, 0.15) is 20.9 Å². The molecule has 26 heavy (non-hydrogen) atoms. The highest BCUT2D eigenvalue weighted by molar-refractivity contribution is 6.02. The van der Waals surface area contributed by atoms with Crippen LogP contribution in [-0.4, -0.2) is 25.5 Å². The Labute approximate surface area is 149 Å². The maximum Gasteiger partial charge on any atom is 0.375 e. The molecule has 132 valence electrons. The maximum absolute atomic E-state index is 13.4. The van der Waals surface area contributed by atoms with Gasteiger partial charge >= 0.3 is 5.97 Å². The van der Waals surface area contributed by atoms with Gasteiger partial charge in [0.05, 0.1) is 18.9 Å². The van der Waals surface area contributed by atoms with Crippen LogP contribution < -0.4 is 4.74 Å². The van der Waals surface area contributed by atoms with Crippen LogP contribution in [0.25, 0.3) is 11.1 Å². The molecule has 0 aliphatic carbocycles. The molecule has 1 aromatic heterocycles. The number of methoxy groups -OCH3 is 1. The third-order valence-electron chi connectivity index (χ3n) is 3.73. The van der Waals surface area contributed by atoms with Gasteiger partial charge in [-0.15, -0.1) is 0 Å². The second-order valence-electron chi connectivity index (χ2n) is 5.37. The Morgan fingerprint density at radius 3 is 2.58 bits per heavy atom. The number of esters is 1. The highest BCUT2D eigenvalue weighted by atomic mass is 19.1. The van der Waals surface area contributed by atoms with Crippen molar-refractivity contribution in [3.05, 3.63) is 78.0 Å². The van der Waals surface area contributed by atoms with Crippen molar-refractivity contribution in [2.45, 2.75) is 0 Å². The molecule has 0 amide bonds. The summed E-state index contributed by atoms with van der Waals surface area (Å²) in [6.45, 7) is -0.562. The lowest BCUT2D eigenvalue weighted by Gasteiger charge is -2.08. The van der Waals surface area contributed by atoms with Crippen molar-refractivity contribution in [3.8, 4) is 16.9 Å². The van der Waals surface area contributed by atoms with Crippen molar-refractivity contribution in [1.82, 2.24) is 0 Å². The third kappa shape index (κ3) is 3.64. The van der Waals surface area contributed by atoms with E-state index in [9.17, 15) is 14.0 Å². The van der Waals surface area contributed by atoms with Crippen molar-refractivity contribution in [2.24, 2.45) is 0 Å². The Kier molecular flexibility index (Phi) is 5.12. The lowest BCUT2D eigenvalue weighted by molar-refractivity contribution is 0.0444. The number of halogens is 1. The molecular weight excluding hydrogens is 339 g/mol. The average Bonchev–Trinajstić information content (AvgIpc) is 3.16. The molecule has 2 aromatic carbocycles. The third-order valence-corrected chi connectivity index (χ3v) is 3.73. The molecule has 0 atom stereocenters. The number of benzene rings is 2. The van der Waals surface area contributed by atoms with Crippen molar-refractivity contribution < 1.29 is 27.9 Å². The minimum Gasteiger partial charge on any atom is -0.496 e. The zero-order valence-corrected chi connectivity index (χ0v) is 13.9. The zero-order chi connectivity index (χ0) is 18.5. The summed E-state index contributed by atoms with van der Waals surface area (Å²) in [5.74, 6) is -1.75. The Balaban J connectivity index is 1.74. The molecule has 0 aliphatic rings. The first-order valence-corrected chi connectivity index (χ1v) is 7.77. The molecule has 0 aliphatic heterocycles. The molecule has 3 aromatic rings. The summed E-state index contributed by atoms with van der Waals surface area (Å²) >= 11 is 0. The number of Topliss-reactive ketones (excluding diaryl/α,β-unsaturated/α-hetero) is 1. The Hall–Kier alpha value is -3.41. The predicted octanol–water partition coefficient (Wildman–Crippen LogP) is 4.13. The summed E-state index contributed by atoms with van der Waals surface area (Å²) in [5.41, 5.74) is 1.35. The molecule has 5 nitrogen and oxygen atoms in total. The van der Waals surface area contributed by atoms with Crippen LogP contribution >= 0.6 is 0 Å². The van der Waals surface area contributed by atoms with E-state index in [2.05, 4.69) is 0 Å². The molecule has 1 heterocycles. The van der Waals surface area contributed by atoms with Crippen LogP contribution in [0.4, 0.5) is 4.39 Å². The quantitative estimate of drug-likeness (QED) is 0.492. The second-order valence-corrected chi connectivity index (χ2v) is 5.37. The van der Waals surface area contributed by atoms with Gasteiger partial charge in [-0.1, -0.05) is 30.3 Å². The average molecular weight is 354 g/mol. The van der Waals surface area contributed by atoms with Crippen molar-refractivity contribution in [1.29, 1.82) is 0 Å². The van der Waals surface area contributed by atoms with Crippen molar-refractivity contribution in [3.63, 3.8) is 0 Å². The van der Waals surface area contributed by atoms with Crippen LogP contribution in [0, 0.1) is 5.82 Å². The van der Waals surface area contributed by atoms with E-state index in [4.69, 9.17) is 13.9 Å². The summed E-state index contributed by atoms with van der Waals surface area (Å²) in [6.07, 6.45) is 1.37. The molecule has 0 unspecified atom stereocenters. The van der Waals surface area contributed by atoms with Gasteiger partial charge in [-0.3, -0.25) is 4.79 Å². The number of ether oxygens (including phenoxy) is 2. The van der Waals surface area contributed by atoms with Crippen LogP contribution in [0.2, 0.25) is 0 Å². The first kappa shape index (κ1) is 17.4. The second kappa shape index (κ2) is 7.65. The van der Waals surface area contributed by atoms with Gasteiger partial charge in [-0.05, 0) is 29.8 Å². The standard InChI is InChI=1S/C20H15FO5/c1-24-18-8-7-14(21)11-16(18)17(22)12-26-20(23)19-15(9-10-25-19)13-5-3-2-4-6-13/h2-11H,12H2,1H3. The number of furan rings is 1. The number of hydrogen-bond acceptors (Lipinski definition) is 5. The van der Waals surface area contributed by atoms with Gasteiger partial charge < -0.3 is 13.9 Å². The summed E-state index contributed by atoms with van der Waals surface area (Å²) < 4.78 is 28.7. The summed E-state index contributed by atoms with van der Waals surface area (Å²) in [7, 11) is 1.37. The number of carbonyl (C=O) groups is 2. The maximum atomic E-state index is 13.4. The van der Waals surface area contributed by atoms with Gasteiger partial charge in [0.15, 0.2) is 6.61 Å². The fourth-order valence-corrected chi connectivity index (χ4v) is 2.48. The van der Waals surface area contributed by atoms with E-state index < -0.39 is 24.2 Å². The number of ketones is 1. The predicted molar refractivity (Wildman–Crippen MR) is 91.7 cm³/mol.